The first-order valence-electron chi connectivity index (χ1n) is 4.98. The van der Waals surface area contributed by atoms with Gasteiger partial charge >= 0.3 is 0 Å². The van der Waals surface area contributed by atoms with Gasteiger partial charge in [-0.05, 0) is 18.6 Å². The molecule has 4 heteroatoms. The molecule has 80 valence electrons. The molecule has 0 fully saturated rings. The zero-order valence-electron chi connectivity index (χ0n) is 8.69. The summed E-state index contributed by atoms with van der Waals surface area (Å²) < 4.78 is 6.95. The van der Waals surface area contributed by atoms with Gasteiger partial charge in [0, 0.05) is 38.0 Å². The lowest BCUT2D eigenvalue weighted by atomic mass is 10.3. The second-order valence-corrected chi connectivity index (χ2v) is 3.47. The molecule has 0 aliphatic carbocycles. The van der Waals surface area contributed by atoms with E-state index in [0.717, 1.165) is 23.9 Å². The van der Waals surface area contributed by atoms with Gasteiger partial charge in [0.25, 0.3) is 5.56 Å². The number of hydrogen-bond acceptors (Lipinski definition) is 2. The first-order valence-corrected chi connectivity index (χ1v) is 4.98. The minimum Gasteiger partial charge on any atom is -0.385 e. The van der Waals surface area contributed by atoms with E-state index in [1.165, 1.54) is 0 Å². The molecule has 1 N–H and O–H groups in total. The molecule has 0 radical (unpaired) electrons. The molecule has 0 saturated carbocycles. The van der Waals surface area contributed by atoms with Crippen LogP contribution in [-0.4, -0.2) is 23.3 Å². The molecule has 0 amide bonds. The second kappa shape index (κ2) is 4.31. The fourth-order valence-corrected chi connectivity index (χ4v) is 1.73. The standard InChI is InChI=1S/C11H14N2O2/c1-15-8-2-6-13-7-4-9-3-5-12-11(14)10(9)13/h3-5,7H,2,6,8H2,1H3,(H,12,14). The maximum atomic E-state index is 11.6. The number of nitrogens with one attached hydrogen (secondary N) is 1. The van der Waals surface area contributed by atoms with Crippen LogP contribution < -0.4 is 5.56 Å². The third kappa shape index (κ3) is 1.94. The van der Waals surface area contributed by atoms with Gasteiger partial charge in [-0.1, -0.05) is 0 Å². The Hall–Kier alpha value is -1.55. The van der Waals surface area contributed by atoms with Gasteiger partial charge in [0.1, 0.15) is 5.52 Å². The maximum Gasteiger partial charge on any atom is 0.272 e. The zero-order valence-corrected chi connectivity index (χ0v) is 8.69. The number of hydrogen-bond donors (Lipinski definition) is 1. The van der Waals surface area contributed by atoms with E-state index >= 15 is 0 Å². The number of pyridine rings is 1. The number of methoxy groups -OCH3 is 1. The predicted octanol–water partition coefficient (Wildman–Crippen LogP) is 1.37. The molecule has 0 aromatic carbocycles. The van der Waals surface area contributed by atoms with Crippen LogP contribution in [0.2, 0.25) is 0 Å². The summed E-state index contributed by atoms with van der Waals surface area (Å²) in [6, 6.07) is 3.86. The molecular formula is C11H14N2O2. The Kier molecular flexibility index (Phi) is 2.87. The Bertz CT molecular complexity index is 499. The molecule has 0 spiro atoms. The lowest BCUT2D eigenvalue weighted by molar-refractivity contribution is 0.190. The van der Waals surface area contributed by atoms with Gasteiger partial charge in [0.15, 0.2) is 0 Å². The molecule has 0 bridgehead atoms. The van der Waals surface area contributed by atoms with E-state index in [0.29, 0.717) is 6.61 Å². The Labute approximate surface area is 87.5 Å². The highest BCUT2D eigenvalue weighted by Crippen LogP contribution is 2.10. The average molecular weight is 206 g/mol. The average Bonchev–Trinajstić information content (AvgIpc) is 2.63. The van der Waals surface area contributed by atoms with E-state index in [-0.39, 0.29) is 5.56 Å². The summed E-state index contributed by atoms with van der Waals surface area (Å²) in [5.74, 6) is 0. The lowest BCUT2D eigenvalue weighted by Gasteiger charge is -2.03. The van der Waals surface area contributed by atoms with Gasteiger partial charge in [0.05, 0.1) is 0 Å². The van der Waals surface area contributed by atoms with Crippen LogP contribution in [0.15, 0.2) is 29.3 Å². The van der Waals surface area contributed by atoms with Crippen LogP contribution in [0.25, 0.3) is 10.9 Å². The van der Waals surface area contributed by atoms with Crippen LogP contribution >= 0.6 is 0 Å². The molecule has 15 heavy (non-hydrogen) atoms. The van der Waals surface area contributed by atoms with Crippen molar-refractivity contribution in [2.45, 2.75) is 13.0 Å². The molecule has 0 aliphatic heterocycles. The molecule has 0 unspecified atom stereocenters. The molecule has 2 heterocycles. The van der Waals surface area contributed by atoms with Crippen molar-refractivity contribution in [3.8, 4) is 0 Å². The SMILES string of the molecule is COCCCn1ccc2cc[nH]c(=O)c21. The summed E-state index contributed by atoms with van der Waals surface area (Å²) >= 11 is 0. The molecule has 2 aromatic rings. The van der Waals surface area contributed by atoms with Crippen LogP contribution in [0.1, 0.15) is 6.42 Å². The van der Waals surface area contributed by atoms with Crippen molar-refractivity contribution in [1.82, 2.24) is 9.55 Å². The number of nitrogens with zero attached hydrogens (tertiary/aromatic N) is 1. The maximum absolute atomic E-state index is 11.6. The molecular weight excluding hydrogens is 192 g/mol. The summed E-state index contributed by atoms with van der Waals surface area (Å²) in [5, 5.41) is 0.983. The van der Waals surface area contributed by atoms with Crippen molar-refractivity contribution in [2.24, 2.45) is 0 Å². The molecule has 2 rings (SSSR count). The van der Waals surface area contributed by atoms with Crippen LogP contribution in [0.5, 0.6) is 0 Å². The van der Waals surface area contributed by atoms with Gasteiger partial charge in [-0.3, -0.25) is 4.79 Å². The fourth-order valence-electron chi connectivity index (χ4n) is 1.73. The third-order valence-corrected chi connectivity index (χ3v) is 2.43. The molecule has 2 aromatic heterocycles. The van der Waals surface area contributed by atoms with Gasteiger partial charge in [-0.15, -0.1) is 0 Å². The quantitative estimate of drug-likeness (QED) is 0.768. The summed E-state index contributed by atoms with van der Waals surface area (Å²) in [4.78, 5) is 14.3. The Morgan fingerprint density at radius 1 is 1.47 bits per heavy atom. The summed E-state index contributed by atoms with van der Waals surface area (Å²) in [5.41, 5.74) is 0.712. The molecule has 0 saturated heterocycles. The Morgan fingerprint density at radius 2 is 2.33 bits per heavy atom. The number of ether oxygens (including phenoxy) is 1. The van der Waals surface area contributed by atoms with Crippen molar-refractivity contribution in [2.75, 3.05) is 13.7 Å². The smallest absolute Gasteiger partial charge is 0.272 e. The van der Waals surface area contributed by atoms with Crippen LogP contribution in [0.3, 0.4) is 0 Å². The van der Waals surface area contributed by atoms with Gasteiger partial charge < -0.3 is 14.3 Å². The first-order chi connectivity index (χ1) is 7.33. The Balaban J connectivity index is 2.32. The van der Waals surface area contributed by atoms with Crippen LogP contribution in [0.4, 0.5) is 0 Å². The highest BCUT2D eigenvalue weighted by molar-refractivity contribution is 5.78. The van der Waals surface area contributed by atoms with Crippen molar-refractivity contribution >= 4 is 10.9 Å². The van der Waals surface area contributed by atoms with E-state index < -0.39 is 0 Å². The zero-order chi connectivity index (χ0) is 10.7. The van der Waals surface area contributed by atoms with E-state index in [4.69, 9.17) is 4.74 Å². The summed E-state index contributed by atoms with van der Waals surface area (Å²) in [7, 11) is 1.68. The predicted molar refractivity (Wildman–Crippen MR) is 59.1 cm³/mol. The summed E-state index contributed by atoms with van der Waals surface area (Å²) in [6.07, 6.45) is 4.52. The van der Waals surface area contributed by atoms with Crippen molar-refractivity contribution in [1.29, 1.82) is 0 Å². The number of aryl methyl sites for hydroxylation is 1. The van der Waals surface area contributed by atoms with Gasteiger partial charge in [-0.25, -0.2) is 0 Å². The van der Waals surface area contributed by atoms with Crippen molar-refractivity contribution < 1.29 is 4.74 Å². The largest absolute Gasteiger partial charge is 0.385 e. The minimum absolute atomic E-state index is 0.0325. The third-order valence-electron chi connectivity index (χ3n) is 2.43. The number of fused-ring (bicyclic) bond motifs is 1. The normalized spacial score (nSPS) is 11.0. The monoisotopic (exact) mass is 206 g/mol. The van der Waals surface area contributed by atoms with Gasteiger partial charge in [0.2, 0.25) is 0 Å². The molecule has 4 nitrogen and oxygen atoms in total. The van der Waals surface area contributed by atoms with Crippen molar-refractivity contribution in [3.63, 3.8) is 0 Å². The number of aromatic nitrogens is 2. The highest BCUT2D eigenvalue weighted by Gasteiger charge is 2.03. The second-order valence-electron chi connectivity index (χ2n) is 3.47. The van der Waals surface area contributed by atoms with Crippen molar-refractivity contribution in [3.05, 3.63) is 34.9 Å². The van der Waals surface area contributed by atoms with E-state index in [2.05, 4.69) is 4.98 Å². The van der Waals surface area contributed by atoms with Crippen LogP contribution in [0, 0.1) is 0 Å². The Morgan fingerprint density at radius 3 is 3.13 bits per heavy atom. The van der Waals surface area contributed by atoms with Gasteiger partial charge in [-0.2, -0.15) is 0 Å². The number of rotatable bonds is 4. The molecule has 0 atom stereocenters. The molecule has 0 aliphatic rings. The number of aromatic amines is 1. The minimum atomic E-state index is -0.0325. The van der Waals surface area contributed by atoms with Crippen LogP contribution in [-0.2, 0) is 11.3 Å². The number of H-pyrrole nitrogens is 1. The topological polar surface area (TPSA) is 47.0 Å². The first kappa shape index (κ1) is 9.98. The van der Waals surface area contributed by atoms with E-state index in [1.54, 1.807) is 13.3 Å². The van der Waals surface area contributed by atoms with E-state index in [9.17, 15) is 4.79 Å². The fraction of sp³-hybridized carbons (Fsp3) is 0.364. The highest BCUT2D eigenvalue weighted by atomic mass is 16.5. The van der Waals surface area contributed by atoms with E-state index in [1.807, 2.05) is 22.9 Å². The summed E-state index contributed by atoms with van der Waals surface area (Å²) in [6.45, 7) is 1.52. The lowest BCUT2D eigenvalue weighted by Crippen LogP contribution is -2.10.